The summed E-state index contributed by atoms with van der Waals surface area (Å²) in [5.74, 6) is 0. The standard InChI is InChI=1S/C18H27N3/c1-15-16(9-8-12-19-14-18(2,3)4)13-21(20-15)17-10-6-5-7-11-17/h5-7,10-11,13,19H,8-9,12,14H2,1-4H3. The first-order valence-electron chi connectivity index (χ1n) is 7.77. The molecule has 0 amide bonds. The summed E-state index contributed by atoms with van der Waals surface area (Å²) in [5, 5.41) is 8.14. The van der Waals surface area contributed by atoms with Crippen molar-refractivity contribution >= 4 is 0 Å². The van der Waals surface area contributed by atoms with Gasteiger partial charge >= 0.3 is 0 Å². The highest BCUT2D eigenvalue weighted by atomic mass is 15.3. The van der Waals surface area contributed by atoms with Crippen LogP contribution in [0.5, 0.6) is 0 Å². The van der Waals surface area contributed by atoms with Gasteiger partial charge in [-0.25, -0.2) is 4.68 Å². The van der Waals surface area contributed by atoms with E-state index in [1.165, 1.54) is 5.56 Å². The lowest BCUT2D eigenvalue weighted by molar-refractivity contribution is 0.379. The van der Waals surface area contributed by atoms with Crippen LogP contribution in [0.4, 0.5) is 0 Å². The van der Waals surface area contributed by atoms with E-state index in [1.807, 2.05) is 22.9 Å². The molecule has 3 heteroatoms. The van der Waals surface area contributed by atoms with E-state index >= 15 is 0 Å². The second-order valence-corrected chi connectivity index (χ2v) is 6.86. The van der Waals surface area contributed by atoms with Crippen LogP contribution in [0.15, 0.2) is 36.5 Å². The summed E-state index contributed by atoms with van der Waals surface area (Å²) in [6, 6.07) is 10.3. The molecule has 0 atom stereocenters. The van der Waals surface area contributed by atoms with Crippen molar-refractivity contribution in [3.05, 3.63) is 47.8 Å². The number of para-hydroxylation sites is 1. The lowest BCUT2D eigenvalue weighted by atomic mass is 9.97. The zero-order valence-corrected chi connectivity index (χ0v) is 13.7. The molecule has 0 unspecified atom stereocenters. The second kappa shape index (κ2) is 6.90. The Labute approximate surface area is 128 Å². The molecule has 0 bridgehead atoms. The Balaban J connectivity index is 1.86. The van der Waals surface area contributed by atoms with E-state index in [9.17, 15) is 0 Å². The van der Waals surface area contributed by atoms with Crippen molar-refractivity contribution in [1.82, 2.24) is 15.1 Å². The average Bonchev–Trinajstić information content (AvgIpc) is 2.80. The van der Waals surface area contributed by atoms with Crippen molar-refractivity contribution in [2.24, 2.45) is 5.41 Å². The third kappa shape index (κ3) is 5.01. The highest BCUT2D eigenvalue weighted by molar-refractivity contribution is 5.32. The minimum absolute atomic E-state index is 0.355. The maximum absolute atomic E-state index is 4.62. The van der Waals surface area contributed by atoms with Gasteiger partial charge < -0.3 is 5.32 Å². The van der Waals surface area contributed by atoms with Crippen LogP contribution in [-0.4, -0.2) is 22.9 Å². The molecular weight excluding hydrogens is 258 g/mol. The van der Waals surface area contributed by atoms with Gasteiger partial charge in [-0.2, -0.15) is 5.10 Å². The van der Waals surface area contributed by atoms with Crippen LogP contribution < -0.4 is 5.32 Å². The van der Waals surface area contributed by atoms with Gasteiger partial charge in [0.1, 0.15) is 0 Å². The van der Waals surface area contributed by atoms with Crippen molar-refractivity contribution in [3.63, 3.8) is 0 Å². The molecule has 0 aliphatic carbocycles. The number of hydrogen-bond acceptors (Lipinski definition) is 2. The Morgan fingerprint density at radius 1 is 1.14 bits per heavy atom. The molecule has 1 aromatic heterocycles. The first kappa shape index (κ1) is 15.8. The molecular formula is C18H27N3. The molecule has 1 N–H and O–H groups in total. The molecule has 1 aromatic carbocycles. The maximum atomic E-state index is 4.62. The van der Waals surface area contributed by atoms with Gasteiger partial charge in [0.2, 0.25) is 0 Å². The molecule has 1 heterocycles. The number of rotatable bonds is 6. The van der Waals surface area contributed by atoms with E-state index in [0.29, 0.717) is 5.41 Å². The topological polar surface area (TPSA) is 29.9 Å². The van der Waals surface area contributed by atoms with Gasteiger partial charge in [-0.3, -0.25) is 0 Å². The number of nitrogens with zero attached hydrogens (tertiary/aromatic N) is 2. The first-order valence-corrected chi connectivity index (χ1v) is 7.77. The average molecular weight is 285 g/mol. The number of hydrogen-bond donors (Lipinski definition) is 1. The Morgan fingerprint density at radius 3 is 2.52 bits per heavy atom. The van der Waals surface area contributed by atoms with Crippen LogP contribution in [0.25, 0.3) is 5.69 Å². The molecule has 0 fully saturated rings. The third-order valence-corrected chi connectivity index (χ3v) is 3.48. The molecule has 0 aliphatic rings. The number of aromatic nitrogens is 2. The smallest absolute Gasteiger partial charge is 0.0645 e. The number of aryl methyl sites for hydroxylation is 2. The van der Waals surface area contributed by atoms with E-state index < -0.39 is 0 Å². The van der Waals surface area contributed by atoms with Crippen LogP contribution in [0.2, 0.25) is 0 Å². The molecule has 0 saturated carbocycles. The van der Waals surface area contributed by atoms with Crippen molar-refractivity contribution in [1.29, 1.82) is 0 Å². The van der Waals surface area contributed by atoms with Crippen molar-refractivity contribution in [2.45, 2.75) is 40.5 Å². The molecule has 0 saturated heterocycles. The van der Waals surface area contributed by atoms with E-state index in [4.69, 9.17) is 0 Å². The van der Waals surface area contributed by atoms with Gasteiger partial charge in [-0.1, -0.05) is 39.0 Å². The van der Waals surface area contributed by atoms with E-state index in [2.05, 4.69) is 56.4 Å². The lowest BCUT2D eigenvalue weighted by Crippen LogP contribution is -2.27. The summed E-state index contributed by atoms with van der Waals surface area (Å²) in [4.78, 5) is 0. The van der Waals surface area contributed by atoms with Crippen LogP contribution in [-0.2, 0) is 6.42 Å². The second-order valence-electron chi connectivity index (χ2n) is 6.86. The zero-order chi connectivity index (χ0) is 15.3. The minimum Gasteiger partial charge on any atom is -0.316 e. The summed E-state index contributed by atoms with van der Waals surface area (Å²) in [6.45, 7) is 11.0. The molecule has 2 aromatic rings. The van der Waals surface area contributed by atoms with E-state index in [1.54, 1.807) is 0 Å². The Morgan fingerprint density at radius 2 is 1.86 bits per heavy atom. The van der Waals surface area contributed by atoms with Gasteiger partial charge in [-0.15, -0.1) is 0 Å². The Bertz CT molecular complexity index is 550. The summed E-state index contributed by atoms with van der Waals surface area (Å²) in [5.41, 5.74) is 3.96. The summed E-state index contributed by atoms with van der Waals surface area (Å²) in [6.07, 6.45) is 4.39. The molecule has 0 radical (unpaired) electrons. The number of benzene rings is 1. The summed E-state index contributed by atoms with van der Waals surface area (Å²) in [7, 11) is 0. The van der Waals surface area contributed by atoms with Crippen LogP contribution in [0.1, 0.15) is 38.4 Å². The maximum Gasteiger partial charge on any atom is 0.0645 e. The minimum atomic E-state index is 0.355. The number of nitrogens with one attached hydrogen (secondary N) is 1. The Hall–Kier alpha value is -1.61. The predicted octanol–water partition coefficient (Wildman–Crippen LogP) is 3.75. The monoisotopic (exact) mass is 285 g/mol. The molecule has 21 heavy (non-hydrogen) atoms. The summed E-state index contributed by atoms with van der Waals surface area (Å²) >= 11 is 0. The van der Waals surface area contributed by atoms with E-state index in [0.717, 1.165) is 37.3 Å². The Kier molecular flexibility index (Phi) is 5.18. The highest BCUT2D eigenvalue weighted by Crippen LogP contribution is 2.13. The first-order chi connectivity index (χ1) is 9.96. The fraction of sp³-hybridized carbons (Fsp3) is 0.500. The third-order valence-electron chi connectivity index (χ3n) is 3.48. The van der Waals surface area contributed by atoms with Crippen LogP contribution in [0.3, 0.4) is 0 Å². The largest absolute Gasteiger partial charge is 0.316 e. The normalized spacial score (nSPS) is 11.8. The van der Waals surface area contributed by atoms with Crippen LogP contribution in [0, 0.1) is 12.3 Å². The lowest BCUT2D eigenvalue weighted by Gasteiger charge is -2.18. The van der Waals surface area contributed by atoms with Gasteiger partial charge in [0.25, 0.3) is 0 Å². The zero-order valence-electron chi connectivity index (χ0n) is 13.7. The van der Waals surface area contributed by atoms with Gasteiger partial charge in [0.05, 0.1) is 11.4 Å². The molecule has 3 nitrogen and oxygen atoms in total. The SMILES string of the molecule is Cc1nn(-c2ccccc2)cc1CCCNCC(C)(C)C. The highest BCUT2D eigenvalue weighted by Gasteiger charge is 2.09. The molecule has 0 aliphatic heterocycles. The fourth-order valence-electron chi connectivity index (χ4n) is 2.32. The van der Waals surface area contributed by atoms with Crippen LogP contribution >= 0.6 is 0 Å². The van der Waals surface area contributed by atoms with Crippen molar-refractivity contribution in [2.75, 3.05) is 13.1 Å². The molecule has 114 valence electrons. The van der Waals surface area contributed by atoms with E-state index in [-0.39, 0.29) is 0 Å². The molecule has 2 rings (SSSR count). The van der Waals surface area contributed by atoms with Gasteiger partial charge in [-0.05, 0) is 56.0 Å². The van der Waals surface area contributed by atoms with Crippen molar-refractivity contribution < 1.29 is 0 Å². The summed E-state index contributed by atoms with van der Waals surface area (Å²) < 4.78 is 1.98. The van der Waals surface area contributed by atoms with Crippen molar-refractivity contribution in [3.8, 4) is 5.69 Å². The fourth-order valence-corrected chi connectivity index (χ4v) is 2.32. The predicted molar refractivity (Wildman–Crippen MR) is 88.9 cm³/mol. The van der Waals surface area contributed by atoms with Gasteiger partial charge in [0, 0.05) is 6.20 Å². The quantitative estimate of drug-likeness (QED) is 0.819. The molecule has 0 spiro atoms. The van der Waals surface area contributed by atoms with Gasteiger partial charge in [0.15, 0.2) is 0 Å².